The van der Waals surface area contributed by atoms with Crippen LogP contribution in [0.3, 0.4) is 0 Å². The number of ether oxygens (including phenoxy) is 1. The van der Waals surface area contributed by atoms with Crippen molar-refractivity contribution in [3.8, 4) is 0 Å². The zero-order chi connectivity index (χ0) is 11.1. The molecule has 3 aliphatic heterocycles. The molecule has 0 bridgehead atoms. The molecule has 0 aromatic carbocycles. The molecule has 4 heteroatoms. The van der Waals surface area contributed by atoms with Crippen LogP contribution in [0.4, 0.5) is 0 Å². The maximum absolute atomic E-state index is 11.9. The van der Waals surface area contributed by atoms with Crippen LogP contribution in [0, 0.1) is 5.92 Å². The maximum Gasteiger partial charge on any atom is 0.329 e. The molecule has 0 aromatic heterocycles. The number of hydrogen-bond acceptors (Lipinski definition) is 4. The molecule has 1 spiro atoms. The Morgan fingerprint density at radius 1 is 1.33 bits per heavy atom. The van der Waals surface area contributed by atoms with Gasteiger partial charge in [0.05, 0.1) is 17.7 Å². The third kappa shape index (κ3) is 0.843. The van der Waals surface area contributed by atoms with Crippen LogP contribution < -0.4 is 0 Å². The van der Waals surface area contributed by atoms with Gasteiger partial charge in [-0.25, -0.2) is 4.79 Å². The fourth-order valence-electron chi connectivity index (χ4n) is 3.56. The summed E-state index contributed by atoms with van der Waals surface area (Å²) in [7, 11) is 0. The summed E-state index contributed by atoms with van der Waals surface area (Å²) in [4.78, 5) is 17.7. The Labute approximate surface area is 89.5 Å². The minimum atomic E-state index is -0.479. The van der Waals surface area contributed by atoms with E-state index in [4.69, 9.17) is 9.57 Å². The van der Waals surface area contributed by atoms with Gasteiger partial charge in [-0.1, -0.05) is 0 Å². The predicted octanol–water partition coefficient (Wildman–Crippen LogP) is 1.11. The molecule has 0 aliphatic carbocycles. The lowest BCUT2D eigenvalue weighted by Gasteiger charge is -2.58. The number of carbonyl (C=O) groups is 1. The fraction of sp³-hybridized carbons (Fsp3) is 0.909. The molecule has 0 N–H and O–H groups in total. The summed E-state index contributed by atoms with van der Waals surface area (Å²) in [6.07, 6.45) is 0.743. The van der Waals surface area contributed by atoms with E-state index in [9.17, 15) is 4.79 Å². The van der Waals surface area contributed by atoms with Crippen LogP contribution in [-0.4, -0.2) is 34.3 Å². The lowest BCUT2D eigenvalue weighted by Crippen LogP contribution is -2.76. The van der Waals surface area contributed by atoms with Gasteiger partial charge >= 0.3 is 5.97 Å². The van der Waals surface area contributed by atoms with E-state index in [-0.39, 0.29) is 23.0 Å². The number of nitrogens with zero attached hydrogens (tertiary/aromatic N) is 1. The van der Waals surface area contributed by atoms with Gasteiger partial charge in [0.2, 0.25) is 0 Å². The Morgan fingerprint density at radius 3 is 2.67 bits per heavy atom. The summed E-state index contributed by atoms with van der Waals surface area (Å²) in [5, 5.41) is 1.88. The van der Waals surface area contributed by atoms with E-state index in [0.717, 1.165) is 6.42 Å². The van der Waals surface area contributed by atoms with Gasteiger partial charge in [-0.2, -0.15) is 5.06 Å². The molecule has 3 saturated heterocycles. The van der Waals surface area contributed by atoms with E-state index in [0.29, 0.717) is 6.61 Å². The Morgan fingerprint density at radius 2 is 2.00 bits per heavy atom. The van der Waals surface area contributed by atoms with Crippen LogP contribution in [-0.2, 0) is 14.4 Å². The molecule has 84 valence electrons. The van der Waals surface area contributed by atoms with Gasteiger partial charge < -0.3 is 4.74 Å². The van der Waals surface area contributed by atoms with Crippen molar-refractivity contribution < 1.29 is 14.4 Å². The van der Waals surface area contributed by atoms with Gasteiger partial charge in [0, 0.05) is 12.3 Å². The molecule has 4 nitrogen and oxygen atoms in total. The Hall–Kier alpha value is -0.610. The summed E-state index contributed by atoms with van der Waals surface area (Å²) in [6, 6.07) is 0. The predicted molar refractivity (Wildman–Crippen MR) is 52.9 cm³/mol. The third-order valence-electron chi connectivity index (χ3n) is 4.08. The van der Waals surface area contributed by atoms with Gasteiger partial charge in [0.1, 0.15) is 0 Å². The molecule has 2 unspecified atom stereocenters. The number of esters is 1. The number of hydroxylamine groups is 2. The summed E-state index contributed by atoms with van der Waals surface area (Å²) in [6.45, 7) is 8.82. The molecule has 0 saturated carbocycles. The molecule has 0 aromatic rings. The van der Waals surface area contributed by atoms with E-state index in [1.165, 1.54) is 0 Å². The minimum Gasteiger partial charge on any atom is -0.464 e. The number of rotatable bonds is 0. The van der Waals surface area contributed by atoms with Crippen LogP contribution in [0.1, 0.15) is 34.1 Å². The molecular formula is C11H17NO3. The van der Waals surface area contributed by atoms with Gasteiger partial charge in [-0.05, 0) is 27.7 Å². The topological polar surface area (TPSA) is 38.8 Å². The second-order valence-electron chi connectivity index (χ2n) is 6.05. The van der Waals surface area contributed by atoms with Crippen molar-refractivity contribution in [1.29, 1.82) is 0 Å². The summed E-state index contributed by atoms with van der Waals surface area (Å²) >= 11 is 0. The lowest BCUT2D eigenvalue weighted by molar-refractivity contribution is -0.328. The van der Waals surface area contributed by atoms with Crippen LogP contribution in [0.25, 0.3) is 0 Å². The Kier molecular flexibility index (Phi) is 1.43. The highest BCUT2D eigenvalue weighted by atomic mass is 16.7. The monoisotopic (exact) mass is 211 g/mol. The van der Waals surface area contributed by atoms with Gasteiger partial charge in [-0.3, -0.25) is 4.84 Å². The van der Waals surface area contributed by atoms with Crippen LogP contribution in [0.2, 0.25) is 0 Å². The standard InChI is InChI=1S/C11H17NO3/c1-9(2)6-11-7(5-14-8(11)13)10(3,4)12(11)15-9/h7H,5-6H2,1-4H3. The zero-order valence-electron chi connectivity index (χ0n) is 9.66. The quantitative estimate of drug-likeness (QED) is 0.563. The minimum absolute atomic E-state index is 0.0834. The average molecular weight is 211 g/mol. The van der Waals surface area contributed by atoms with Crippen molar-refractivity contribution in [2.24, 2.45) is 5.92 Å². The fourth-order valence-corrected chi connectivity index (χ4v) is 3.56. The molecule has 3 rings (SSSR count). The summed E-state index contributed by atoms with van der Waals surface area (Å²) in [5.74, 6) is 0.177. The van der Waals surface area contributed by atoms with Gasteiger partial charge in [-0.15, -0.1) is 0 Å². The highest BCUT2D eigenvalue weighted by molar-refractivity contribution is 5.86. The number of cyclic esters (lactones) is 1. The first kappa shape index (κ1) is 9.60. The first-order chi connectivity index (χ1) is 6.81. The van der Waals surface area contributed by atoms with Crippen LogP contribution >= 0.6 is 0 Å². The lowest BCUT2D eigenvalue weighted by atomic mass is 9.62. The normalized spacial score (nSPS) is 45.6. The highest BCUT2D eigenvalue weighted by Gasteiger charge is 2.78. The first-order valence-electron chi connectivity index (χ1n) is 5.47. The third-order valence-corrected chi connectivity index (χ3v) is 4.08. The van der Waals surface area contributed by atoms with E-state index in [1.807, 2.05) is 18.9 Å². The van der Waals surface area contributed by atoms with Crippen molar-refractivity contribution in [3.63, 3.8) is 0 Å². The maximum atomic E-state index is 11.9. The summed E-state index contributed by atoms with van der Waals surface area (Å²) < 4.78 is 5.21. The molecule has 3 fully saturated rings. The molecule has 3 aliphatic rings. The highest BCUT2D eigenvalue weighted by Crippen LogP contribution is 2.62. The SMILES string of the molecule is CC1(C)CC23C(=O)OCC2C(C)(C)N3O1. The first-order valence-corrected chi connectivity index (χ1v) is 5.47. The van der Waals surface area contributed by atoms with E-state index in [1.54, 1.807) is 0 Å². The Bertz CT molecular complexity index is 350. The molecular weight excluding hydrogens is 194 g/mol. The number of carbonyl (C=O) groups excluding carboxylic acids is 1. The Balaban J connectivity index is 2.06. The number of hydrogen-bond donors (Lipinski definition) is 0. The van der Waals surface area contributed by atoms with Crippen molar-refractivity contribution in [1.82, 2.24) is 5.06 Å². The van der Waals surface area contributed by atoms with Crippen LogP contribution in [0.5, 0.6) is 0 Å². The second kappa shape index (κ2) is 2.23. The molecule has 0 radical (unpaired) electrons. The van der Waals surface area contributed by atoms with Crippen molar-refractivity contribution in [2.75, 3.05) is 6.61 Å². The van der Waals surface area contributed by atoms with E-state index < -0.39 is 5.54 Å². The van der Waals surface area contributed by atoms with Crippen molar-refractivity contribution in [2.45, 2.75) is 50.8 Å². The zero-order valence-corrected chi connectivity index (χ0v) is 9.66. The molecule has 0 amide bonds. The average Bonchev–Trinajstić information content (AvgIpc) is 2.52. The van der Waals surface area contributed by atoms with Crippen molar-refractivity contribution in [3.05, 3.63) is 0 Å². The van der Waals surface area contributed by atoms with Gasteiger partial charge in [0.25, 0.3) is 0 Å². The van der Waals surface area contributed by atoms with Crippen molar-refractivity contribution >= 4 is 5.97 Å². The van der Waals surface area contributed by atoms with E-state index in [2.05, 4.69) is 13.8 Å². The second-order valence-corrected chi connectivity index (χ2v) is 6.05. The molecule has 2 atom stereocenters. The smallest absolute Gasteiger partial charge is 0.329 e. The molecule has 3 heterocycles. The summed E-state index contributed by atoms with van der Waals surface area (Å²) in [5.41, 5.74) is -0.817. The van der Waals surface area contributed by atoms with Gasteiger partial charge in [0.15, 0.2) is 5.54 Å². The van der Waals surface area contributed by atoms with E-state index >= 15 is 0 Å². The largest absolute Gasteiger partial charge is 0.464 e. The van der Waals surface area contributed by atoms with Crippen LogP contribution in [0.15, 0.2) is 0 Å². The molecule has 15 heavy (non-hydrogen) atoms.